The van der Waals surface area contributed by atoms with Crippen molar-refractivity contribution in [2.24, 2.45) is 0 Å². The van der Waals surface area contributed by atoms with Crippen LogP contribution in [0, 0.1) is 0 Å². The Hall–Kier alpha value is -3.79. The summed E-state index contributed by atoms with van der Waals surface area (Å²) < 4.78 is 19.6. The number of ether oxygens (including phenoxy) is 1. The SMILES string of the molecule is CO[C@H]1CCN(c2nccc(Nc3cc(NC(C)C)c(C(=O)NCCc4ccccc4)cn3)n2)C[C@H]1F. The van der Waals surface area contributed by atoms with Gasteiger partial charge in [-0.25, -0.2) is 14.4 Å². The number of alkyl halides is 1. The molecule has 0 aliphatic carbocycles. The molecule has 196 valence electrons. The summed E-state index contributed by atoms with van der Waals surface area (Å²) in [5, 5.41) is 9.49. The topological polar surface area (TPSA) is 104 Å². The van der Waals surface area contributed by atoms with Gasteiger partial charge in [0.15, 0.2) is 0 Å². The Labute approximate surface area is 216 Å². The van der Waals surface area contributed by atoms with E-state index in [9.17, 15) is 9.18 Å². The number of carbonyl (C=O) groups excluding carboxylic acids is 1. The first-order valence-corrected chi connectivity index (χ1v) is 12.5. The van der Waals surface area contributed by atoms with Gasteiger partial charge in [0.2, 0.25) is 5.95 Å². The Balaban J connectivity index is 1.44. The predicted molar refractivity (Wildman–Crippen MR) is 143 cm³/mol. The lowest BCUT2D eigenvalue weighted by Crippen LogP contribution is -2.46. The number of nitrogens with one attached hydrogen (secondary N) is 3. The van der Waals surface area contributed by atoms with E-state index >= 15 is 0 Å². The lowest BCUT2D eigenvalue weighted by Gasteiger charge is -2.33. The maximum Gasteiger partial charge on any atom is 0.254 e. The minimum atomic E-state index is -1.10. The Morgan fingerprint density at radius 1 is 1.19 bits per heavy atom. The van der Waals surface area contributed by atoms with E-state index in [1.54, 1.807) is 24.5 Å². The summed E-state index contributed by atoms with van der Waals surface area (Å²) in [5.74, 6) is 1.30. The monoisotopic (exact) mass is 507 g/mol. The third kappa shape index (κ3) is 7.13. The summed E-state index contributed by atoms with van der Waals surface area (Å²) in [5.41, 5.74) is 2.29. The zero-order valence-corrected chi connectivity index (χ0v) is 21.4. The smallest absolute Gasteiger partial charge is 0.254 e. The van der Waals surface area contributed by atoms with Crippen molar-refractivity contribution in [3.05, 3.63) is 66.0 Å². The van der Waals surface area contributed by atoms with Crippen LogP contribution in [0.25, 0.3) is 0 Å². The van der Waals surface area contributed by atoms with Gasteiger partial charge in [0.25, 0.3) is 5.91 Å². The number of benzene rings is 1. The van der Waals surface area contributed by atoms with Gasteiger partial charge < -0.3 is 25.6 Å². The fourth-order valence-electron chi connectivity index (χ4n) is 4.23. The molecule has 2 atom stereocenters. The van der Waals surface area contributed by atoms with Gasteiger partial charge in [0, 0.05) is 44.7 Å². The highest BCUT2D eigenvalue weighted by Gasteiger charge is 2.30. The fraction of sp³-hybridized carbons (Fsp3) is 0.407. The molecule has 1 aliphatic rings. The summed E-state index contributed by atoms with van der Waals surface area (Å²) in [4.78, 5) is 28.0. The normalized spacial score (nSPS) is 17.5. The molecule has 0 saturated carbocycles. The van der Waals surface area contributed by atoms with Gasteiger partial charge in [0.1, 0.15) is 17.8 Å². The summed E-state index contributed by atoms with van der Waals surface area (Å²) in [7, 11) is 1.53. The lowest BCUT2D eigenvalue weighted by atomic mass is 10.1. The number of carbonyl (C=O) groups is 1. The third-order valence-corrected chi connectivity index (χ3v) is 6.10. The lowest BCUT2D eigenvalue weighted by molar-refractivity contribution is 0.0194. The van der Waals surface area contributed by atoms with Crippen molar-refractivity contribution in [3.63, 3.8) is 0 Å². The second kappa shape index (κ2) is 12.4. The molecule has 37 heavy (non-hydrogen) atoms. The molecule has 3 heterocycles. The van der Waals surface area contributed by atoms with Crippen LogP contribution >= 0.6 is 0 Å². The van der Waals surface area contributed by atoms with Gasteiger partial charge in [-0.3, -0.25) is 4.79 Å². The van der Waals surface area contributed by atoms with Crippen molar-refractivity contribution < 1.29 is 13.9 Å². The number of rotatable bonds is 10. The van der Waals surface area contributed by atoms with Crippen LogP contribution in [0.3, 0.4) is 0 Å². The van der Waals surface area contributed by atoms with Crippen LogP contribution in [-0.2, 0) is 11.2 Å². The number of methoxy groups -OCH3 is 1. The van der Waals surface area contributed by atoms with Gasteiger partial charge in [-0.2, -0.15) is 4.98 Å². The van der Waals surface area contributed by atoms with E-state index in [2.05, 4.69) is 30.9 Å². The number of hydrogen-bond acceptors (Lipinski definition) is 8. The molecule has 0 bridgehead atoms. The van der Waals surface area contributed by atoms with Crippen molar-refractivity contribution in [3.8, 4) is 0 Å². The average molecular weight is 508 g/mol. The van der Waals surface area contributed by atoms with Crippen LogP contribution in [0.4, 0.5) is 27.7 Å². The number of hydrogen-bond donors (Lipinski definition) is 3. The molecule has 3 aromatic rings. The average Bonchev–Trinajstić information content (AvgIpc) is 2.89. The largest absolute Gasteiger partial charge is 0.382 e. The highest BCUT2D eigenvalue weighted by Crippen LogP contribution is 2.24. The van der Waals surface area contributed by atoms with Crippen LogP contribution < -0.4 is 20.9 Å². The molecule has 0 unspecified atom stereocenters. The van der Waals surface area contributed by atoms with Gasteiger partial charge in [-0.05, 0) is 38.3 Å². The van der Waals surface area contributed by atoms with Crippen LogP contribution in [-0.4, -0.2) is 65.9 Å². The van der Waals surface area contributed by atoms with Crippen molar-refractivity contribution in [2.75, 3.05) is 42.3 Å². The standard InChI is InChI=1S/C27H34FN7O2/c1-18(2)32-22-15-25(31-16-20(22)26(36)29-12-9-19-7-5-4-6-8-19)33-24-10-13-30-27(34-24)35-14-11-23(37-3)21(28)17-35/h4-8,10,13,15-16,18,21,23H,9,11-12,14,17H2,1-3H3,(H,29,36)(H2,30,31,32,33,34)/t21-,23+/m1/s1. The maximum atomic E-state index is 14.4. The second-order valence-corrected chi connectivity index (χ2v) is 9.30. The number of amides is 1. The number of halogens is 1. The first kappa shape index (κ1) is 26.3. The Bertz CT molecular complexity index is 1180. The molecular weight excluding hydrogens is 473 g/mol. The highest BCUT2D eigenvalue weighted by atomic mass is 19.1. The van der Waals surface area contributed by atoms with E-state index in [0.29, 0.717) is 48.3 Å². The zero-order valence-electron chi connectivity index (χ0n) is 21.4. The molecule has 1 saturated heterocycles. The highest BCUT2D eigenvalue weighted by molar-refractivity contribution is 5.99. The number of anilines is 4. The van der Waals surface area contributed by atoms with E-state index in [0.717, 1.165) is 12.0 Å². The molecule has 2 aromatic heterocycles. The summed E-state index contributed by atoms with van der Waals surface area (Å²) in [6.45, 7) is 5.32. The Kier molecular flexibility index (Phi) is 8.84. The first-order valence-electron chi connectivity index (χ1n) is 12.5. The van der Waals surface area contributed by atoms with E-state index < -0.39 is 12.3 Å². The number of pyridine rings is 1. The number of piperidine rings is 1. The third-order valence-electron chi connectivity index (χ3n) is 6.10. The first-order chi connectivity index (χ1) is 17.9. The molecule has 3 N–H and O–H groups in total. The van der Waals surface area contributed by atoms with Gasteiger partial charge >= 0.3 is 0 Å². The van der Waals surface area contributed by atoms with Crippen molar-refractivity contribution >= 4 is 29.2 Å². The minimum absolute atomic E-state index is 0.112. The number of nitrogens with zero attached hydrogens (tertiary/aromatic N) is 4. The molecule has 4 rings (SSSR count). The molecular formula is C27H34FN7O2. The number of aromatic nitrogens is 3. The Morgan fingerprint density at radius 2 is 2.00 bits per heavy atom. The van der Waals surface area contributed by atoms with Gasteiger partial charge in [-0.1, -0.05) is 30.3 Å². The molecule has 0 spiro atoms. The molecule has 0 radical (unpaired) electrons. The quantitative estimate of drug-likeness (QED) is 0.379. The second-order valence-electron chi connectivity index (χ2n) is 9.30. The summed E-state index contributed by atoms with van der Waals surface area (Å²) in [6.07, 6.45) is 2.99. The van der Waals surface area contributed by atoms with Crippen molar-refractivity contribution in [1.29, 1.82) is 0 Å². The predicted octanol–water partition coefficient (Wildman–Crippen LogP) is 3.97. The van der Waals surface area contributed by atoms with Crippen molar-refractivity contribution in [2.45, 2.75) is 45.0 Å². The molecule has 10 heteroatoms. The van der Waals surface area contributed by atoms with E-state index in [1.165, 1.54) is 7.11 Å². The maximum absolute atomic E-state index is 14.4. The van der Waals surface area contributed by atoms with Gasteiger partial charge in [-0.15, -0.1) is 0 Å². The summed E-state index contributed by atoms with van der Waals surface area (Å²) >= 11 is 0. The van der Waals surface area contributed by atoms with E-state index in [4.69, 9.17) is 4.74 Å². The van der Waals surface area contributed by atoms with E-state index in [1.807, 2.05) is 49.1 Å². The zero-order chi connectivity index (χ0) is 26.2. The van der Waals surface area contributed by atoms with Crippen LogP contribution in [0.2, 0.25) is 0 Å². The molecule has 9 nitrogen and oxygen atoms in total. The van der Waals surface area contributed by atoms with Crippen LogP contribution in [0.1, 0.15) is 36.2 Å². The fourth-order valence-corrected chi connectivity index (χ4v) is 4.23. The van der Waals surface area contributed by atoms with Crippen molar-refractivity contribution in [1.82, 2.24) is 20.3 Å². The van der Waals surface area contributed by atoms with E-state index in [-0.39, 0.29) is 18.5 Å². The minimum Gasteiger partial charge on any atom is -0.382 e. The molecule has 1 aromatic carbocycles. The van der Waals surface area contributed by atoms with Crippen LogP contribution in [0.5, 0.6) is 0 Å². The molecule has 1 fully saturated rings. The van der Waals surface area contributed by atoms with Gasteiger partial charge in [0.05, 0.1) is 23.9 Å². The summed E-state index contributed by atoms with van der Waals surface area (Å²) in [6, 6.07) is 13.6. The molecule has 1 aliphatic heterocycles. The molecule has 1 amide bonds. The van der Waals surface area contributed by atoms with Crippen LogP contribution in [0.15, 0.2) is 54.9 Å². The Morgan fingerprint density at radius 3 is 2.73 bits per heavy atom.